The van der Waals surface area contributed by atoms with Crippen LogP contribution < -0.4 is 5.43 Å². The van der Waals surface area contributed by atoms with E-state index in [1.165, 1.54) is 36.4 Å². The van der Waals surface area contributed by atoms with E-state index in [0.717, 1.165) is 0 Å². The zero-order valence-corrected chi connectivity index (χ0v) is 14.9. The topological polar surface area (TPSA) is 125 Å². The summed E-state index contributed by atoms with van der Waals surface area (Å²) in [6, 6.07) is 8.57. The Balaban J connectivity index is 2.09. The van der Waals surface area contributed by atoms with Crippen LogP contribution in [0.4, 0.5) is 0 Å². The lowest BCUT2D eigenvalue weighted by atomic mass is 9.89. The van der Waals surface area contributed by atoms with E-state index in [-0.39, 0.29) is 40.1 Å². The van der Waals surface area contributed by atoms with Gasteiger partial charge in [0.15, 0.2) is 5.43 Å². The molecule has 1 aromatic rings. The number of rotatable bonds is 3. The van der Waals surface area contributed by atoms with Crippen molar-refractivity contribution in [3.63, 3.8) is 0 Å². The van der Waals surface area contributed by atoms with Crippen molar-refractivity contribution in [3.8, 4) is 17.1 Å². The maximum Gasteiger partial charge on any atom is 0.336 e. The Morgan fingerprint density at radius 1 is 0.966 bits per heavy atom. The van der Waals surface area contributed by atoms with Crippen LogP contribution in [0, 0.1) is 0 Å². The van der Waals surface area contributed by atoms with Gasteiger partial charge < -0.3 is 19.7 Å². The Morgan fingerprint density at radius 3 is 2.48 bits per heavy atom. The summed E-state index contributed by atoms with van der Waals surface area (Å²) in [6.45, 7) is 0. The average Bonchev–Trinajstić information content (AvgIpc) is 2.89. The molecular weight excluding hydrogens is 376 g/mol. The highest BCUT2D eigenvalue weighted by Gasteiger charge is 2.25. The normalized spacial score (nSPS) is 14.1. The van der Waals surface area contributed by atoms with Crippen LogP contribution in [0.1, 0.15) is 12.0 Å². The Labute approximate surface area is 163 Å². The van der Waals surface area contributed by atoms with Crippen molar-refractivity contribution in [2.45, 2.75) is 6.42 Å². The standard InChI is InChI=1S/C22H14O7/c23-12-3-7-16-18(9-12)29-19-10-13(24)4-8-17(19)20(16)14-5-1-11(21(25)26)2-6-15(14)22(27)28/h2-10,23H,1H2,(H,25,26)(H,27,28). The van der Waals surface area contributed by atoms with Crippen LogP contribution in [-0.4, -0.2) is 27.3 Å². The third kappa shape index (κ3) is 3.19. The van der Waals surface area contributed by atoms with Gasteiger partial charge in [-0.3, -0.25) is 4.79 Å². The van der Waals surface area contributed by atoms with Crippen molar-refractivity contribution >= 4 is 28.5 Å². The van der Waals surface area contributed by atoms with Gasteiger partial charge in [0, 0.05) is 34.2 Å². The number of hydrogen-bond acceptors (Lipinski definition) is 5. The summed E-state index contributed by atoms with van der Waals surface area (Å²) in [5.41, 5.74) is 1.22. The Morgan fingerprint density at radius 2 is 1.76 bits per heavy atom. The van der Waals surface area contributed by atoms with E-state index >= 15 is 0 Å². The molecule has 1 heterocycles. The third-order valence-corrected chi connectivity index (χ3v) is 4.72. The molecule has 0 radical (unpaired) electrons. The first-order chi connectivity index (χ1) is 13.8. The molecule has 0 amide bonds. The van der Waals surface area contributed by atoms with Crippen molar-refractivity contribution in [2.24, 2.45) is 0 Å². The van der Waals surface area contributed by atoms with Gasteiger partial charge in [-0.25, -0.2) is 9.59 Å². The van der Waals surface area contributed by atoms with Crippen molar-refractivity contribution in [1.29, 1.82) is 0 Å². The number of hydrogen-bond donors (Lipinski definition) is 3. The number of carboxylic acid groups (broad SMARTS) is 2. The van der Waals surface area contributed by atoms with Gasteiger partial charge in [-0.1, -0.05) is 12.2 Å². The van der Waals surface area contributed by atoms with Gasteiger partial charge in [0.05, 0.1) is 5.57 Å². The van der Waals surface area contributed by atoms with Crippen molar-refractivity contribution < 1.29 is 29.3 Å². The second-order valence-electron chi connectivity index (χ2n) is 6.52. The largest absolute Gasteiger partial charge is 0.508 e. The molecule has 2 aliphatic carbocycles. The SMILES string of the molecule is O=C(O)C1=CC=C(C(=O)O)C(c2c3ccc(=O)cc-3oc3cc(O)ccc23)=CC1. The van der Waals surface area contributed by atoms with Gasteiger partial charge in [-0.2, -0.15) is 0 Å². The van der Waals surface area contributed by atoms with E-state index in [1.54, 1.807) is 18.2 Å². The van der Waals surface area contributed by atoms with E-state index in [1.807, 2.05) is 0 Å². The van der Waals surface area contributed by atoms with Crippen LogP contribution in [0.3, 0.4) is 0 Å². The monoisotopic (exact) mass is 390 g/mol. The molecule has 0 saturated carbocycles. The van der Waals surface area contributed by atoms with Crippen LogP contribution in [0.2, 0.25) is 0 Å². The second kappa shape index (κ2) is 6.79. The van der Waals surface area contributed by atoms with Crippen LogP contribution in [-0.2, 0) is 9.59 Å². The fraction of sp³-hybridized carbons (Fsp3) is 0.0455. The number of phenolic OH excluding ortho intramolecular Hbond substituents is 1. The number of aliphatic carboxylic acids is 2. The molecule has 0 atom stereocenters. The number of phenols is 1. The summed E-state index contributed by atoms with van der Waals surface area (Å²) < 4.78 is 5.76. The number of benzene rings is 2. The van der Waals surface area contributed by atoms with Gasteiger partial charge in [0.25, 0.3) is 0 Å². The van der Waals surface area contributed by atoms with Crippen LogP contribution >= 0.6 is 0 Å². The molecule has 7 nitrogen and oxygen atoms in total. The Hall–Kier alpha value is -4.13. The van der Waals surface area contributed by atoms with E-state index in [2.05, 4.69) is 0 Å². The van der Waals surface area contributed by atoms with Gasteiger partial charge >= 0.3 is 11.9 Å². The molecule has 0 unspecified atom stereocenters. The lowest BCUT2D eigenvalue weighted by Crippen LogP contribution is -2.06. The predicted molar refractivity (Wildman–Crippen MR) is 105 cm³/mol. The first-order valence-electron chi connectivity index (χ1n) is 8.63. The van der Waals surface area contributed by atoms with Crippen LogP contribution in [0.15, 0.2) is 75.0 Å². The van der Waals surface area contributed by atoms with Crippen LogP contribution in [0.25, 0.3) is 27.9 Å². The number of carbonyl (C=O) groups is 2. The summed E-state index contributed by atoms with van der Waals surface area (Å²) >= 11 is 0. The highest BCUT2D eigenvalue weighted by Crippen LogP contribution is 2.41. The second-order valence-corrected chi connectivity index (χ2v) is 6.52. The molecule has 144 valence electrons. The van der Waals surface area contributed by atoms with E-state index in [0.29, 0.717) is 22.1 Å². The quantitative estimate of drug-likeness (QED) is 0.585. The first kappa shape index (κ1) is 18.2. The molecule has 7 heteroatoms. The number of carboxylic acids is 2. The summed E-state index contributed by atoms with van der Waals surface area (Å²) in [7, 11) is 0. The zero-order chi connectivity index (χ0) is 20.7. The summed E-state index contributed by atoms with van der Waals surface area (Å²) in [6.07, 6.45) is 4.09. The van der Waals surface area contributed by atoms with Gasteiger partial charge in [0.2, 0.25) is 0 Å². The van der Waals surface area contributed by atoms with Crippen molar-refractivity contribution in [1.82, 2.24) is 0 Å². The minimum atomic E-state index is -1.22. The van der Waals surface area contributed by atoms with E-state index in [4.69, 9.17) is 4.42 Å². The maximum absolute atomic E-state index is 11.9. The van der Waals surface area contributed by atoms with Gasteiger partial charge in [-0.05, 0) is 42.3 Å². The van der Waals surface area contributed by atoms with Gasteiger partial charge in [0.1, 0.15) is 17.1 Å². The number of allylic oxidation sites excluding steroid dienone is 3. The van der Waals surface area contributed by atoms with Crippen LogP contribution in [0.5, 0.6) is 5.75 Å². The lowest BCUT2D eigenvalue weighted by Gasteiger charge is -2.17. The highest BCUT2D eigenvalue weighted by molar-refractivity contribution is 6.12. The van der Waals surface area contributed by atoms with E-state index in [9.17, 15) is 29.7 Å². The molecule has 1 aromatic carbocycles. The molecule has 0 fully saturated rings. The summed E-state index contributed by atoms with van der Waals surface area (Å²) in [5, 5.41) is 29.4. The molecule has 3 N–H and O–H groups in total. The molecule has 0 aromatic heterocycles. The molecule has 0 spiro atoms. The highest BCUT2D eigenvalue weighted by atomic mass is 16.4. The van der Waals surface area contributed by atoms with E-state index < -0.39 is 11.9 Å². The maximum atomic E-state index is 11.9. The molecule has 3 aliphatic rings. The van der Waals surface area contributed by atoms with Crippen molar-refractivity contribution in [2.75, 3.05) is 0 Å². The fourth-order valence-electron chi connectivity index (χ4n) is 3.39. The minimum Gasteiger partial charge on any atom is -0.508 e. The molecular formula is C22H14O7. The molecule has 0 bridgehead atoms. The molecule has 1 aliphatic heterocycles. The smallest absolute Gasteiger partial charge is 0.336 e. The first-order valence-corrected chi connectivity index (χ1v) is 8.63. The summed E-state index contributed by atoms with van der Waals surface area (Å²) in [4.78, 5) is 35.1. The minimum absolute atomic E-state index is 0.0185. The average molecular weight is 390 g/mol. The lowest BCUT2D eigenvalue weighted by molar-refractivity contribution is -0.133. The Kier molecular flexibility index (Phi) is 4.27. The number of aromatic hydroxyl groups is 1. The number of fused-ring (bicyclic) bond motifs is 2. The molecule has 0 saturated heterocycles. The third-order valence-electron chi connectivity index (χ3n) is 4.72. The zero-order valence-electron chi connectivity index (χ0n) is 14.9. The predicted octanol–water partition coefficient (Wildman–Crippen LogP) is 3.41. The fourth-order valence-corrected chi connectivity index (χ4v) is 3.39. The summed E-state index contributed by atoms with van der Waals surface area (Å²) in [5.74, 6) is -2.18. The molecule has 29 heavy (non-hydrogen) atoms. The van der Waals surface area contributed by atoms with Gasteiger partial charge in [-0.15, -0.1) is 0 Å². The molecule has 4 rings (SSSR count). The Bertz CT molecular complexity index is 1300. The van der Waals surface area contributed by atoms with Crippen molar-refractivity contribution in [3.05, 3.63) is 81.6 Å².